The zero-order chi connectivity index (χ0) is 10.7. The van der Waals surface area contributed by atoms with Crippen molar-refractivity contribution in [3.8, 4) is 0 Å². The first-order valence-corrected chi connectivity index (χ1v) is 6.62. The minimum absolute atomic E-state index is 0.907. The maximum absolute atomic E-state index is 5.93. The van der Waals surface area contributed by atoms with Crippen LogP contribution in [0.1, 0.15) is 12.0 Å². The first-order valence-electron chi connectivity index (χ1n) is 5.47. The fraction of sp³-hybridized carbons (Fsp3) is 0.500. The molecule has 2 rings (SSSR count). The van der Waals surface area contributed by atoms with E-state index in [1.54, 1.807) is 0 Å². The molecule has 1 fully saturated rings. The van der Waals surface area contributed by atoms with Gasteiger partial charge in [0, 0.05) is 30.2 Å². The minimum atomic E-state index is 0.907. The average molecular weight is 222 g/mol. The Morgan fingerprint density at radius 1 is 1.27 bits per heavy atom. The van der Waals surface area contributed by atoms with Crippen molar-refractivity contribution in [1.82, 2.24) is 0 Å². The van der Waals surface area contributed by atoms with Crippen molar-refractivity contribution < 1.29 is 0 Å². The molecular formula is C12H18N2S. The molecule has 2 nitrogen and oxygen atoms in total. The standard InChI is InChI=1S/C12H18N2S/c1-10-11(13)4-2-5-12(10)14-6-3-8-15-9-7-14/h2,4-5H,3,6-9,13H2,1H3. The molecule has 1 aromatic carbocycles. The van der Waals surface area contributed by atoms with Crippen LogP contribution in [0.25, 0.3) is 0 Å². The molecule has 0 amide bonds. The summed E-state index contributed by atoms with van der Waals surface area (Å²) in [7, 11) is 0. The highest BCUT2D eigenvalue weighted by Gasteiger charge is 2.12. The fourth-order valence-electron chi connectivity index (χ4n) is 1.97. The maximum atomic E-state index is 5.93. The molecule has 1 aliphatic rings. The number of nitrogens with zero attached hydrogens (tertiary/aromatic N) is 1. The van der Waals surface area contributed by atoms with E-state index < -0.39 is 0 Å². The molecule has 0 radical (unpaired) electrons. The molecule has 0 bridgehead atoms. The van der Waals surface area contributed by atoms with Gasteiger partial charge >= 0.3 is 0 Å². The summed E-state index contributed by atoms with van der Waals surface area (Å²) in [6, 6.07) is 6.21. The van der Waals surface area contributed by atoms with Gasteiger partial charge in [0.25, 0.3) is 0 Å². The molecule has 0 spiro atoms. The van der Waals surface area contributed by atoms with Gasteiger partial charge in [0.05, 0.1) is 0 Å². The van der Waals surface area contributed by atoms with Crippen LogP contribution in [0.5, 0.6) is 0 Å². The molecule has 1 aliphatic heterocycles. The summed E-state index contributed by atoms with van der Waals surface area (Å²) < 4.78 is 0. The summed E-state index contributed by atoms with van der Waals surface area (Å²) in [5, 5.41) is 0. The highest BCUT2D eigenvalue weighted by molar-refractivity contribution is 7.99. The lowest BCUT2D eigenvalue weighted by Crippen LogP contribution is -2.26. The zero-order valence-electron chi connectivity index (χ0n) is 9.20. The van der Waals surface area contributed by atoms with E-state index in [1.165, 1.54) is 29.2 Å². The summed E-state index contributed by atoms with van der Waals surface area (Å²) in [6.07, 6.45) is 1.28. The molecule has 2 N–H and O–H groups in total. The van der Waals surface area contributed by atoms with E-state index in [4.69, 9.17) is 5.73 Å². The van der Waals surface area contributed by atoms with Crippen molar-refractivity contribution in [3.05, 3.63) is 23.8 Å². The van der Waals surface area contributed by atoms with Crippen molar-refractivity contribution in [1.29, 1.82) is 0 Å². The number of hydrogen-bond acceptors (Lipinski definition) is 3. The number of nitrogen functional groups attached to an aromatic ring is 1. The largest absolute Gasteiger partial charge is 0.398 e. The molecule has 0 aliphatic carbocycles. The molecule has 0 atom stereocenters. The van der Waals surface area contributed by atoms with Crippen LogP contribution in [0.15, 0.2) is 18.2 Å². The van der Waals surface area contributed by atoms with Gasteiger partial charge in [-0.3, -0.25) is 0 Å². The molecule has 0 unspecified atom stereocenters. The summed E-state index contributed by atoms with van der Waals surface area (Å²) in [4.78, 5) is 2.46. The number of thioether (sulfide) groups is 1. The Morgan fingerprint density at radius 2 is 2.13 bits per heavy atom. The third kappa shape index (κ3) is 2.40. The first-order chi connectivity index (χ1) is 7.29. The third-order valence-electron chi connectivity index (χ3n) is 2.91. The molecular weight excluding hydrogens is 204 g/mol. The van der Waals surface area contributed by atoms with Crippen LogP contribution in [0.2, 0.25) is 0 Å². The highest BCUT2D eigenvalue weighted by atomic mass is 32.2. The Hall–Kier alpha value is -0.830. The van der Waals surface area contributed by atoms with Gasteiger partial charge in [-0.1, -0.05) is 6.07 Å². The Morgan fingerprint density at radius 3 is 3.00 bits per heavy atom. The van der Waals surface area contributed by atoms with E-state index in [-0.39, 0.29) is 0 Å². The van der Waals surface area contributed by atoms with Gasteiger partial charge < -0.3 is 10.6 Å². The number of rotatable bonds is 1. The van der Waals surface area contributed by atoms with E-state index >= 15 is 0 Å². The second-order valence-electron chi connectivity index (χ2n) is 3.94. The lowest BCUT2D eigenvalue weighted by atomic mass is 10.1. The van der Waals surface area contributed by atoms with Crippen LogP contribution in [0.3, 0.4) is 0 Å². The van der Waals surface area contributed by atoms with Crippen molar-refractivity contribution in [2.24, 2.45) is 0 Å². The third-order valence-corrected chi connectivity index (χ3v) is 3.96. The molecule has 3 heteroatoms. The smallest absolute Gasteiger partial charge is 0.0416 e. The summed E-state index contributed by atoms with van der Waals surface area (Å²) in [6.45, 7) is 4.43. The second kappa shape index (κ2) is 4.79. The van der Waals surface area contributed by atoms with E-state index in [0.29, 0.717) is 0 Å². The van der Waals surface area contributed by atoms with Crippen molar-refractivity contribution in [3.63, 3.8) is 0 Å². The number of nitrogens with two attached hydrogens (primary N) is 1. The van der Waals surface area contributed by atoms with Crippen molar-refractivity contribution >= 4 is 23.1 Å². The van der Waals surface area contributed by atoms with Gasteiger partial charge in [0.15, 0.2) is 0 Å². The molecule has 15 heavy (non-hydrogen) atoms. The van der Waals surface area contributed by atoms with Crippen LogP contribution in [-0.2, 0) is 0 Å². The summed E-state index contributed by atoms with van der Waals surface area (Å²) >= 11 is 2.05. The zero-order valence-corrected chi connectivity index (χ0v) is 10.0. The molecule has 82 valence electrons. The molecule has 1 saturated heterocycles. The van der Waals surface area contributed by atoms with Crippen LogP contribution in [0, 0.1) is 6.92 Å². The minimum Gasteiger partial charge on any atom is -0.398 e. The van der Waals surface area contributed by atoms with Crippen molar-refractivity contribution in [2.75, 3.05) is 35.2 Å². The normalized spacial score (nSPS) is 17.5. The van der Waals surface area contributed by atoms with Crippen molar-refractivity contribution in [2.45, 2.75) is 13.3 Å². The van der Waals surface area contributed by atoms with E-state index in [2.05, 4.69) is 35.7 Å². The van der Waals surface area contributed by atoms with E-state index in [9.17, 15) is 0 Å². The predicted octanol–water partition coefficient (Wildman–Crippen LogP) is 2.52. The van der Waals surface area contributed by atoms with Crippen LogP contribution < -0.4 is 10.6 Å². The second-order valence-corrected chi connectivity index (χ2v) is 5.17. The fourth-order valence-corrected chi connectivity index (χ4v) is 2.86. The molecule has 1 heterocycles. The monoisotopic (exact) mass is 222 g/mol. The highest BCUT2D eigenvalue weighted by Crippen LogP contribution is 2.26. The average Bonchev–Trinajstić information content (AvgIpc) is 2.50. The predicted molar refractivity (Wildman–Crippen MR) is 69.7 cm³/mol. The van der Waals surface area contributed by atoms with Gasteiger partial charge in [0.1, 0.15) is 0 Å². The lowest BCUT2D eigenvalue weighted by molar-refractivity contribution is 0.813. The SMILES string of the molecule is Cc1c(N)cccc1N1CCCSCC1. The Bertz CT molecular complexity index is 330. The van der Waals surface area contributed by atoms with Crippen LogP contribution >= 0.6 is 11.8 Å². The molecule has 0 saturated carbocycles. The Balaban J connectivity index is 2.23. The summed E-state index contributed by atoms with van der Waals surface area (Å²) in [5.74, 6) is 2.52. The van der Waals surface area contributed by atoms with E-state index in [0.717, 1.165) is 18.8 Å². The van der Waals surface area contributed by atoms with Gasteiger partial charge in [-0.05, 0) is 36.8 Å². The molecule has 0 aromatic heterocycles. The number of benzene rings is 1. The van der Waals surface area contributed by atoms with Gasteiger partial charge in [-0.15, -0.1) is 0 Å². The molecule has 1 aromatic rings. The number of hydrogen-bond donors (Lipinski definition) is 1. The van der Waals surface area contributed by atoms with Gasteiger partial charge in [-0.2, -0.15) is 11.8 Å². The topological polar surface area (TPSA) is 29.3 Å². The lowest BCUT2D eigenvalue weighted by Gasteiger charge is -2.24. The Labute approximate surface area is 95.8 Å². The van der Waals surface area contributed by atoms with Crippen LogP contribution in [-0.4, -0.2) is 24.6 Å². The van der Waals surface area contributed by atoms with Gasteiger partial charge in [-0.25, -0.2) is 0 Å². The number of anilines is 2. The van der Waals surface area contributed by atoms with E-state index in [1.807, 2.05) is 6.07 Å². The first kappa shape index (κ1) is 10.7. The summed E-state index contributed by atoms with van der Waals surface area (Å²) in [5.41, 5.74) is 9.38. The Kier molecular flexibility index (Phi) is 3.41. The maximum Gasteiger partial charge on any atom is 0.0416 e. The van der Waals surface area contributed by atoms with Gasteiger partial charge in [0.2, 0.25) is 0 Å². The quantitative estimate of drug-likeness (QED) is 0.740. The van der Waals surface area contributed by atoms with Crippen LogP contribution in [0.4, 0.5) is 11.4 Å².